The van der Waals surface area contributed by atoms with E-state index in [2.05, 4.69) is 5.32 Å². The fourth-order valence-corrected chi connectivity index (χ4v) is 2.45. The summed E-state index contributed by atoms with van der Waals surface area (Å²) in [5.41, 5.74) is 1.69. The Kier molecular flexibility index (Phi) is 5.39. The van der Waals surface area contributed by atoms with Crippen molar-refractivity contribution in [3.8, 4) is 5.75 Å². The van der Waals surface area contributed by atoms with Crippen LogP contribution in [0.4, 0.5) is 5.69 Å². The molecule has 0 radical (unpaired) electrons. The number of anilines is 1. The molecule has 4 nitrogen and oxygen atoms in total. The highest BCUT2D eigenvalue weighted by atomic mass is 16.5. The fourth-order valence-electron chi connectivity index (χ4n) is 2.45. The van der Waals surface area contributed by atoms with Crippen molar-refractivity contribution in [1.82, 2.24) is 0 Å². The zero-order valence-corrected chi connectivity index (χ0v) is 12.6. The second kappa shape index (κ2) is 7.27. The minimum Gasteiger partial charge on any atom is -0.488 e. The topological polar surface area (TPSA) is 58.6 Å². The standard InChI is InChI=1S/C17H23NO3/c1-12(2)11-17(20)18-13-7-9-14(10-8-13)21-16-6-4-3-5-15(16)19/h7-11,15-16,19H,3-6H2,1-2H3,(H,18,20). The molecule has 0 spiro atoms. The van der Waals surface area contributed by atoms with E-state index in [1.54, 1.807) is 18.2 Å². The van der Waals surface area contributed by atoms with Crippen molar-refractivity contribution >= 4 is 11.6 Å². The third kappa shape index (κ3) is 4.90. The van der Waals surface area contributed by atoms with Gasteiger partial charge in [0.1, 0.15) is 11.9 Å². The maximum absolute atomic E-state index is 11.6. The zero-order valence-electron chi connectivity index (χ0n) is 12.6. The number of carbonyl (C=O) groups is 1. The third-order valence-electron chi connectivity index (χ3n) is 3.50. The molecule has 0 heterocycles. The van der Waals surface area contributed by atoms with Crippen LogP contribution in [0.1, 0.15) is 39.5 Å². The van der Waals surface area contributed by atoms with E-state index in [4.69, 9.17) is 4.74 Å². The molecule has 2 rings (SSSR count). The van der Waals surface area contributed by atoms with Crippen LogP contribution in [0.2, 0.25) is 0 Å². The largest absolute Gasteiger partial charge is 0.488 e. The first-order valence-electron chi connectivity index (χ1n) is 7.45. The predicted octanol–water partition coefficient (Wildman–Crippen LogP) is 3.27. The van der Waals surface area contributed by atoms with Crippen LogP contribution in [0.25, 0.3) is 0 Å². The summed E-state index contributed by atoms with van der Waals surface area (Å²) in [5, 5.41) is 12.7. The van der Waals surface area contributed by atoms with Crippen LogP contribution >= 0.6 is 0 Å². The Hall–Kier alpha value is -1.81. The molecule has 1 aliphatic rings. The molecule has 2 unspecified atom stereocenters. The lowest BCUT2D eigenvalue weighted by Gasteiger charge is -2.28. The molecule has 4 heteroatoms. The van der Waals surface area contributed by atoms with Crippen molar-refractivity contribution in [2.24, 2.45) is 0 Å². The van der Waals surface area contributed by atoms with Gasteiger partial charge in [-0.1, -0.05) is 12.0 Å². The van der Waals surface area contributed by atoms with Crippen LogP contribution in [0.3, 0.4) is 0 Å². The van der Waals surface area contributed by atoms with E-state index in [0.717, 1.165) is 42.7 Å². The number of hydrogen-bond donors (Lipinski definition) is 2. The summed E-state index contributed by atoms with van der Waals surface area (Å²) in [4.78, 5) is 11.6. The average molecular weight is 289 g/mol. The number of aliphatic hydroxyl groups excluding tert-OH is 1. The number of nitrogens with one attached hydrogen (secondary N) is 1. The monoisotopic (exact) mass is 289 g/mol. The lowest BCUT2D eigenvalue weighted by atomic mass is 9.95. The maximum Gasteiger partial charge on any atom is 0.248 e. The average Bonchev–Trinajstić information content (AvgIpc) is 2.42. The molecule has 114 valence electrons. The maximum atomic E-state index is 11.6. The van der Waals surface area contributed by atoms with Gasteiger partial charge in [-0.05, 0) is 57.4 Å². The van der Waals surface area contributed by atoms with Crippen molar-refractivity contribution in [1.29, 1.82) is 0 Å². The Balaban J connectivity index is 1.92. The van der Waals surface area contributed by atoms with E-state index < -0.39 is 0 Å². The molecular formula is C17H23NO3. The minimum atomic E-state index is -0.379. The summed E-state index contributed by atoms with van der Waals surface area (Å²) in [6.45, 7) is 3.76. The highest BCUT2D eigenvalue weighted by molar-refractivity contribution is 5.99. The predicted molar refractivity (Wildman–Crippen MR) is 83.4 cm³/mol. The van der Waals surface area contributed by atoms with Gasteiger partial charge >= 0.3 is 0 Å². The van der Waals surface area contributed by atoms with Gasteiger partial charge in [0.05, 0.1) is 6.10 Å². The molecular weight excluding hydrogens is 266 g/mol. The number of ether oxygens (including phenoxy) is 1. The molecule has 1 aliphatic carbocycles. The molecule has 2 N–H and O–H groups in total. The molecule has 21 heavy (non-hydrogen) atoms. The van der Waals surface area contributed by atoms with Crippen molar-refractivity contribution in [3.05, 3.63) is 35.9 Å². The van der Waals surface area contributed by atoms with Crippen molar-refractivity contribution in [2.75, 3.05) is 5.32 Å². The van der Waals surface area contributed by atoms with Gasteiger partial charge in [-0.25, -0.2) is 0 Å². The number of rotatable bonds is 4. The zero-order chi connectivity index (χ0) is 15.2. The van der Waals surface area contributed by atoms with Crippen LogP contribution in [0, 0.1) is 0 Å². The van der Waals surface area contributed by atoms with Gasteiger partial charge in [-0.15, -0.1) is 0 Å². The minimum absolute atomic E-state index is 0.120. The fraction of sp³-hybridized carbons (Fsp3) is 0.471. The van der Waals surface area contributed by atoms with E-state index in [9.17, 15) is 9.90 Å². The van der Waals surface area contributed by atoms with Crippen LogP contribution in [-0.4, -0.2) is 23.2 Å². The summed E-state index contributed by atoms with van der Waals surface area (Å²) in [6, 6.07) is 7.25. The van der Waals surface area contributed by atoms with E-state index in [1.807, 2.05) is 26.0 Å². The number of carbonyl (C=O) groups excluding carboxylic acids is 1. The highest BCUT2D eigenvalue weighted by Gasteiger charge is 2.24. The Morgan fingerprint density at radius 2 is 1.90 bits per heavy atom. The molecule has 1 aromatic rings. The van der Waals surface area contributed by atoms with Gasteiger partial charge in [0.2, 0.25) is 5.91 Å². The third-order valence-corrected chi connectivity index (χ3v) is 3.50. The Morgan fingerprint density at radius 1 is 1.24 bits per heavy atom. The molecule has 0 aromatic heterocycles. The first kappa shape index (κ1) is 15.6. The van der Waals surface area contributed by atoms with Crippen molar-refractivity contribution in [3.63, 3.8) is 0 Å². The smallest absolute Gasteiger partial charge is 0.248 e. The molecule has 0 saturated heterocycles. The van der Waals surface area contributed by atoms with Crippen molar-refractivity contribution < 1.29 is 14.6 Å². The quantitative estimate of drug-likeness (QED) is 0.836. The summed E-state index contributed by atoms with van der Waals surface area (Å²) < 4.78 is 5.82. The summed E-state index contributed by atoms with van der Waals surface area (Å²) >= 11 is 0. The van der Waals surface area contributed by atoms with Gasteiger partial charge in [0, 0.05) is 11.8 Å². The Bertz CT molecular complexity index is 503. The van der Waals surface area contributed by atoms with Crippen molar-refractivity contribution in [2.45, 2.75) is 51.7 Å². The first-order valence-corrected chi connectivity index (χ1v) is 7.45. The van der Waals surface area contributed by atoms with Gasteiger partial charge in [0.15, 0.2) is 0 Å². The van der Waals surface area contributed by atoms with E-state index in [-0.39, 0.29) is 18.1 Å². The van der Waals surface area contributed by atoms with Gasteiger partial charge in [-0.3, -0.25) is 4.79 Å². The molecule has 1 aromatic carbocycles. The first-order chi connectivity index (χ1) is 10.0. The summed E-state index contributed by atoms with van der Waals surface area (Å²) in [5.74, 6) is 0.590. The summed E-state index contributed by atoms with van der Waals surface area (Å²) in [7, 11) is 0. The molecule has 1 saturated carbocycles. The number of hydrogen-bond acceptors (Lipinski definition) is 3. The van der Waals surface area contributed by atoms with E-state index in [1.165, 1.54) is 0 Å². The molecule has 2 atom stereocenters. The van der Waals surface area contributed by atoms with Crippen LogP contribution in [0.5, 0.6) is 5.75 Å². The second-order valence-corrected chi connectivity index (χ2v) is 5.74. The normalized spacial score (nSPS) is 21.5. The SMILES string of the molecule is CC(C)=CC(=O)Nc1ccc(OC2CCCCC2O)cc1. The lowest BCUT2D eigenvalue weighted by molar-refractivity contribution is -0.111. The Morgan fingerprint density at radius 3 is 2.52 bits per heavy atom. The van der Waals surface area contributed by atoms with E-state index >= 15 is 0 Å². The number of benzene rings is 1. The van der Waals surface area contributed by atoms with Crippen LogP contribution in [-0.2, 0) is 4.79 Å². The van der Waals surface area contributed by atoms with Gasteiger partial charge in [0.25, 0.3) is 0 Å². The molecule has 0 aliphatic heterocycles. The van der Waals surface area contributed by atoms with Crippen LogP contribution < -0.4 is 10.1 Å². The van der Waals surface area contributed by atoms with E-state index in [0.29, 0.717) is 0 Å². The number of aliphatic hydroxyl groups is 1. The highest BCUT2D eigenvalue weighted by Crippen LogP contribution is 2.24. The second-order valence-electron chi connectivity index (χ2n) is 5.74. The van der Waals surface area contributed by atoms with Gasteiger partial charge in [-0.2, -0.15) is 0 Å². The van der Waals surface area contributed by atoms with Gasteiger partial charge < -0.3 is 15.2 Å². The lowest BCUT2D eigenvalue weighted by Crippen LogP contribution is -2.34. The Labute approximate surface area is 125 Å². The summed E-state index contributed by atoms with van der Waals surface area (Å²) in [6.07, 6.45) is 4.92. The number of allylic oxidation sites excluding steroid dienone is 1. The molecule has 1 fully saturated rings. The number of amides is 1. The molecule has 0 bridgehead atoms. The van der Waals surface area contributed by atoms with Crippen LogP contribution in [0.15, 0.2) is 35.9 Å². The molecule has 1 amide bonds.